The van der Waals surface area contributed by atoms with Gasteiger partial charge in [-0.2, -0.15) is 0 Å². The number of hydrogen-bond acceptors (Lipinski definition) is 5. The molecule has 0 fully saturated rings. The lowest BCUT2D eigenvalue weighted by Gasteiger charge is -2.13. The summed E-state index contributed by atoms with van der Waals surface area (Å²) in [5, 5.41) is 8.23. The minimum Gasteiger partial charge on any atom is -0.142 e. The Kier molecular flexibility index (Phi) is 6.38. The molecule has 2 unspecified atom stereocenters. The van der Waals surface area contributed by atoms with Gasteiger partial charge in [-0.05, 0) is 70.5 Å². The number of thioether (sulfide) groups is 1. The van der Waals surface area contributed by atoms with Crippen LogP contribution >= 0.6 is 57.1 Å². The molecule has 4 aromatic heterocycles. The normalized spacial score (nSPS) is 17.9. The van der Waals surface area contributed by atoms with Crippen LogP contribution in [0.4, 0.5) is 0 Å². The van der Waals surface area contributed by atoms with E-state index in [0.29, 0.717) is 5.25 Å². The molecule has 0 N–H and O–H groups in total. The predicted octanol–water partition coefficient (Wildman–Crippen LogP) is 11.8. The second-order valence-electron chi connectivity index (χ2n) is 9.99. The van der Waals surface area contributed by atoms with Crippen LogP contribution in [0.2, 0.25) is 0 Å². The number of fused-ring (bicyclic) bond motifs is 6. The van der Waals surface area contributed by atoms with Gasteiger partial charge in [0.25, 0.3) is 0 Å². The van der Waals surface area contributed by atoms with Gasteiger partial charge in [-0.3, -0.25) is 0 Å². The van der Waals surface area contributed by atoms with Gasteiger partial charge in [-0.1, -0.05) is 46.1 Å². The molecule has 5 heteroatoms. The van der Waals surface area contributed by atoms with Crippen LogP contribution in [0.25, 0.3) is 39.0 Å². The lowest BCUT2D eigenvalue weighted by atomic mass is 9.96. The highest BCUT2D eigenvalue weighted by Gasteiger charge is 2.24. The van der Waals surface area contributed by atoms with Gasteiger partial charge in [0, 0.05) is 30.1 Å². The Bertz CT molecular complexity index is 1450. The molecule has 0 radical (unpaired) electrons. The van der Waals surface area contributed by atoms with Gasteiger partial charge in [-0.15, -0.1) is 57.1 Å². The maximum atomic E-state index is 2.54. The van der Waals surface area contributed by atoms with Crippen molar-refractivity contribution in [3.8, 4) is 0 Å². The van der Waals surface area contributed by atoms with E-state index in [1.165, 1.54) is 72.8 Å². The van der Waals surface area contributed by atoms with Crippen LogP contribution in [-0.2, 0) is 0 Å². The maximum Gasteiger partial charge on any atom is 0.0532 e. The molecular weight excluding hydrogens is 497 g/mol. The maximum absolute atomic E-state index is 2.54. The monoisotopic (exact) mass is 526 g/mol. The molecule has 5 heterocycles. The predicted molar refractivity (Wildman–Crippen MR) is 158 cm³/mol. The first-order chi connectivity index (χ1) is 16.1. The van der Waals surface area contributed by atoms with Crippen molar-refractivity contribution >= 4 is 96.1 Å². The highest BCUT2D eigenvalue weighted by atomic mass is 32.2. The van der Waals surface area contributed by atoms with E-state index in [9.17, 15) is 0 Å². The second kappa shape index (κ2) is 9.31. The molecule has 33 heavy (non-hydrogen) atoms. The third-order valence-electron chi connectivity index (χ3n) is 6.97. The van der Waals surface area contributed by atoms with Crippen LogP contribution in [0, 0.1) is 11.8 Å². The van der Waals surface area contributed by atoms with Crippen molar-refractivity contribution in [3.05, 3.63) is 45.5 Å². The quantitative estimate of drug-likeness (QED) is 0.194. The number of benzene rings is 1. The fourth-order valence-corrected chi connectivity index (χ4v) is 11.5. The van der Waals surface area contributed by atoms with Crippen molar-refractivity contribution in [1.82, 2.24) is 0 Å². The average Bonchev–Trinajstić information content (AvgIpc) is 3.56. The molecule has 5 aromatic rings. The van der Waals surface area contributed by atoms with E-state index in [1.807, 2.05) is 45.3 Å². The lowest BCUT2D eigenvalue weighted by molar-refractivity contribution is 0.438. The van der Waals surface area contributed by atoms with Gasteiger partial charge in [0.2, 0.25) is 0 Å². The van der Waals surface area contributed by atoms with Crippen LogP contribution < -0.4 is 0 Å². The van der Waals surface area contributed by atoms with Gasteiger partial charge in [0.15, 0.2) is 0 Å². The molecule has 1 aromatic carbocycles. The smallest absolute Gasteiger partial charge is 0.0532 e. The van der Waals surface area contributed by atoms with Crippen molar-refractivity contribution in [2.45, 2.75) is 64.5 Å². The Labute approximate surface area is 216 Å². The first kappa shape index (κ1) is 22.6. The summed E-state index contributed by atoms with van der Waals surface area (Å²) >= 11 is 9.97. The number of hydrogen-bond donors (Lipinski definition) is 0. The summed E-state index contributed by atoms with van der Waals surface area (Å²) in [7, 11) is 0. The van der Waals surface area contributed by atoms with E-state index in [0.717, 1.165) is 11.8 Å². The number of thiophene rings is 4. The van der Waals surface area contributed by atoms with E-state index in [4.69, 9.17) is 0 Å². The number of allylic oxidation sites excluding steroid dienone is 2. The Hall–Kier alpha value is -0.850. The van der Waals surface area contributed by atoms with Gasteiger partial charge in [0.1, 0.15) is 0 Å². The van der Waals surface area contributed by atoms with E-state index in [2.05, 4.69) is 67.6 Å². The summed E-state index contributed by atoms with van der Waals surface area (Å²) in [6.07, 6.45) is 10.5. The van der Waals surface area contributed by atoms with Crippen molar-refractivity contribution in [2.24, 2.45) is 11.8 Å². The molecule has 1 aliphatic rings. The standard InChI is InChI=1S/C28H30S5/c1-16(2)5-4-6-17(3)7-8-18-9-10-22(31-18)21-15-30-27-20-13-19-24(14-25(20)33-28(21)27)32-23-11-12-29-26(19)23/h9,11-17,22H,4-8,10H2,1-3H3. The number of rotatable bonds is 8. The lowest BCUT2D eigenvalue weighted by Crippen LogP contribution is -1.97. The average molecular weight is 527 g/mol. The van der Waals surface area contributed by atoms with Crippen LogP contribution in [0.5, 0.6) is 0 Å². The zero-order chi connectivity index (χ0) is 22.5. The van der Waals surface area contributed by atoms with E-state index in [-0.39, 0.29) is 0 Å². The van der Waals surface area contributed by atoms with E-state index in [1.54, 1.807) is 15.2 Å². The summed E-state index contributed by atoms with van der Waals surface area (Å²) in [5.74, 6) is 1.69. The third-order valence-corrected chi connectivity index (χ3v) is 12.9. The zero-order valence-electron chi connectivity index (χ0n) is 19.5. The Morgan fingerprint density at radius 1 is 0.879 bits per heavy atom. The first-order valence-corrected chi connectivity index (χ1v) is 16.4. The molecule has 0 saturated heterocycles. The largest absolute Gasteiger partial charge is 0.142 e. The Balaban J connectivity index is 1.18. The highest BCUT2D eigenvalue weighted by Crippen LogP contribution is 2.52. The van der Waals surface area contributed by atoms with Gasteiger partial charge in [-0.25, -0.2) is 0 Å². The fraction of sp³-hybridized carbons (Fsp3) is 0.429. The van der Waals surface area contributed by atoms with Crippen molar-refractivity contribution in [2.75, 3.05) is 0 Å². The second-order valence-corrected chi connectivity index (χ2v) is 15.3. The molecule has 2 atom stereocenters. The molecule has 0 saturated carbocycles. The van der Waals surface area contributed by atoms with Crippen LogP contribution in [-0.4, -0.2) is 0 Å². The van der Waals surface area contributed by atoms with Crippen molar-refractivity contribution in [3.63, 3.8) is 0 Å². The minimum absolute atomic E-state index is 0.614. The van der Waals surface area contributed by atoms with Gasteiger partial charge in [0.05, 0.1) is 14.1 Å². The summed E-state index contributed by atoms with van der Waals surface area (Å²) in [5.41, 5.74) is 1.59. The first-order valence-electron chi connectivity index (χ1n) is 12.2. The Morgan fingerprint density at radius 3 is 2.61 bits per heavy atom. The SMILES string of the molecule is CC(C)CCCC(C)CCC1=CCC(c2csc3c2sc2cc4sc5ccsc5c4cc23)S1. The van der Waals surface area contributed by atoms with Crippen LogP contribution in [0.3, 0.4) is 0 Å². The van der Waals surface area contributed by atoms with Gasteiger partial charge < -0.3 is 0 Å². The molecule has 0 spiro atoms. The molecular formula is C28H30S5. The molecule has 1 aliphatic heterocycles. The van der Waals surface area contributed by atoms with Crippen LogP contribution in [0.15, 0.2) is 39.9 Å². The molecule has 0 nitrogen and oxygen atoms in total. The van der Waals surface area contributed by atoms with E-state index >= 15 is 0 Å². The summed E-state index contributed by atoms with van der Waals surface area (Å²) < 4.78 is 8.87. The topological polar surface area (TPSA) is 0 Å². The summed E-state index contributed by atoms with van der Waals surface area (Å²) in [6, 6.07) is 7.20. The molecule has 6 rings (SSSR count). The third kappa shape index (κ3) is 4.33. The molecule has 0 aliphatic carbocycles. The summed E-state index contributed by atoms with van der Waals surface area (Å²) in [4.78, 5) is 1.64. The fourth-order valence-electron chi connectivity index (χ4n) is 5.04. The summed E-state index contributed by atoms with van der Waals surface area (Å²) in [6.45, 7) is 7.13. The van der Waals surface area contributed by atoms with Crippen LogP contribution in [0.1, 0.15) is 70.1 Å². The Morgan fingerprint density at radius 2 is 1.73 bits per heavy atom. The highest BCUT2D eigenvalue weighted by molar-refractivity contribution is 8.03. The van der Waals surface area contributed by atoms with Crippen molar-refractivity contribution < 1.29 is 0 Å². The zero-order valence-corrected chi connectivity index (χ0v) is 23.6. The molecule has 172 valence electrons. The van der Waals surface area contributed by atoms with Crippen molar-refractivity contribution in [1.29, 1.82) is 0 Å². The van der Waals surface area contributed by atoms with Gasteiger partial charge >= 0.3 is 0 Å². The molecule has 0 bridgehead atoms. The molecule has 0 amide bonds. The van der Waals surface area contributed by atoms with E-state index < -0.39 is 0 Å². The minimum atomic E-state index is 0.614.